The fraction of sp³-hybridized carbons (Fsp3) is 0.647. The predicted molar refractivity (Wildman–Crippen MR) is 86.1 cm³/mol. The molecule has 0 saturated carbocycles. The summed E-state index contributed by atoms with van der Waals surface area (Å²) in [4.78, 5) is 18.8. The van der Waals surface area contributed by atoms with E-state index < -0.39 is 0 Å². The molecule has 0 aromatic rings. The van der Waals surface area contributed by atoms with Crippen LogP contribution in [0.25, 0.3) is 0 Å². The SMILES string of the molecule is C=C/C(=C\C(=N/C)C(C)(C)C)C(=O)N1CCC(C)CC1. The van der Waals surface area contributed by atoms with Crippen LogP contribution in [0.2, 0.25) is 0 Å². The van der Waals surface area contributed by atoms with Crippen LogP contribution in [-0.4, -0.2) is 36.7 Å². The Labute approximate surface area is 123 Å². The quantitative estimate of drug-likeness (QED) is 0.441. The van der Waals surface area contributed by atoms with Crippen LogP contribution < -0.4 is 0 Å². The van der Waals surface area contributed by atoms with Crippen molar-refractivity contribution in [3.05, 3.63) is 24.3 Å². The third kappa shape index (κ3) is 4.32. The van der Waals surface area contributed by atoms with Gasteiger partial charge in [0.2, 0.25) is 0 Å². The lowest BCUT2D eigenvalue weighted by atomic mass is 9.88. The van der Waals surface area contributed by atoms with Gasteiger partial charge in [0, 0.05) is 36.8 Å². The van der Waals surface area contributed by atoms with Gasteiger partial charge in [0.25, 0.3) is 5.91 Å². The van der Waals surface area contributed by atoms with Crippen molar-refractivity contribution >= 4 is 11.6 Å². The van der Waals surface area contributed by atoms with Gasteiger partial charge in [0.15, 0.2) is 0 Å². The topological polar surface area (TPSA) is 32.7 Å². The minimum Gasteiger partial charge on any atom is -0.339 e. The van der Waals surface area contributed by atoms with Gasteiger partial charge in [-0.25, -0.2) is 0 Å². The molecule has 1 amide bonds. The second-order valence-electron chi connectivity index (χ2n) is 6.64. The van der Waals surface area contributed by atoms with Crippen LogP contribution in [-0.2, 0) is 4.79 Å². The van der Waals surface area contributed by atoms with E-state index in [4.69, 9.17) is 0 Å². The molecule has 0 N–H and O–H groups in total. The Morgan fingerprint density at radius 2 is 1.85 bits per heavy atom. The molecule has 3 nitrogen and oxygen atoms in total. The number of likely N-dealkylation sites (tertiary alicyclic amines) is 1. The van der Waals surface area contributed by atoms with E-state index in [0.29, 0.717) is 5.57 Å². The highest BCUT2D eigenvalue weighted by Crippen LogP contribution is 2.21. The summed E-state index contributed by atoms with van der Waals surface area (Å²) < 4.78 is 0. The maximum Gasteiger partial charge on any atom is 0.253 e. The van der Waals surface area contributed by atoms with Crippen LogP contribution in [0, 0.1) is 11.3 Å². The van der Waals surface area contributed by atoms with Gasteiger partial charge in [0.1, 0.15) is 0 Å². The lowest BCUT2D eigenvalue weighted by Gasteiger charge is -2.31. The van der Waals surface area contributed by atoms with Crippen molar-refractivity contribution in [2.45, 2.75) is 40.5 Å². The summed E-state index contributed by atoms with van der Waals surface area (Å²) in [5.41, 5.74) is 1.50. The first-order valence-electron chi connectivity index (χ1n) is 7.40. The van der Waals surface area contributed by atoms with Crippen molar-refractivity contribution < 1.29 is 4.79 Å². The summed E-state index contributed by atoms with van der Waals surface area (Å²) in [5, 5.41) is 0. The zero-order valence-electron chi connectivity index (χ0n) is 13.6. The number of allylic oxidation sites excluding steroid dienone is 1. The lowest BCUT2D eigenvalue weighted by Crippen LogP contribution is -2.38. The molecule has 0 aromatic heterocycles. The molecule has 0 radical (unpaired) electrons. The molecule has 1 rings (SSSR count). The number of piperidine rings is 1. The zero-order valence-corrected chi connectivity index (χ0v) is 13.6. The molecule has 1 aliphatic rings. The molecule has 0 aliphatic carbocycles. The number of rotatable bonds is 3. The van der Waals surface area contributed by atoms with E-state index in [2.05, 4.69) is 39.3 Å². The third-order valence-corrected chi connectivity index (χ3v) is 3.84. The van der Waals surface area contributed by atoms with Crippen LogP contribution >= 0.6 is 0 Å². The number of nitrogens with zero attached hydrogens (tertiary/aromatic N) is 2. The molecule has 112 valence electrons. The van der Waals surface area contributed by atoms with E-state index in [-0.39, 0.29) is 11.3 Å². The van der Waals surface area contributed by atoms with Crippen molar-refractivity contribution in [2.24, 2.45) is 16.3 Å². The van der Waals surface area contributed by atoms with E-state index in [9.17, 15) is 4.79 Å². The average Bonchev–Trinajstić information content (AvgIpc) is 2.38. The number of hydrogen-bond acceptors (Lipinski definition) is 2. The standard InChI is InChI=1S/C17H28N2O/c1-7-14(12-15(18-6)17(3,4)5)16(20)19-10-8-13(2)9-11-19/h7,12-13H,1,8-11H2,2-6H3/b14-12+,18-15+. The fourth-order valence-electron chi connectivity index (χ4n) is 2.37. The highest BCUT2D eigenvalue weighted by molar-refractivity contribution is 6.07. The Bertz CT molecular complexity index is 419. The Morgan fingerprint density at radius 1 is 1.30 bits per heavy atom. The average molecular weight is 276 g/mol. The molecule has 0 spiro atoms. The second-order valence-corrected chi connectivity index (χ2v) is 6.64. The van der Waals surface area contributed by atoms with Crippen LogP contribution in [0.15, 0.2) is 29.3 Å². The van der Waals surface area contributed by atoms with E-state index in [1.165, 1.54) is 0 Å². The molecule has 1 fully saturated rings. The molecule has 20 heavy (non-hydrogen) atoms. The highest BCUT2D eigenvalue weighted by atomic mass is 16.2. The van der Waals surface area contributed by atoms with Crippen LogP contribution in [0.4, 0.5) is 0 Å². The first kappa shape index (κ1) is 16.7. The van der Waals surface area contributed by atoms with E-state index in [0.717, 1.165) is 37.6 Å². The van der Waals surface area contributed by atoms with Crippen molar-refractivity contribution in [1.82, 2.24) is 4.90 Å². The largest absolute Gasteiger partial charge is 0.339 e. The molecule has 1 aliphatic heterocycles. The maximum absolute atomic E-state index is 12.5. The number of amides is 1. The van der Waals surface area contributed by atoms with Crippen molar-refractivity contribution in [2.75, 3.05) is 20.1 Å². The number of carbonyl (C=O) groups excluding carboxylic acids is 1. The molecular weight excluding hydrogens is 248 g/mol. The van der Waals surface area contributed by atoms with E-state index >= 15 is 0 Å². The van der Waals surface area contributed by atoms with Gasteiger partial charge in [-0.15, -0.1) is 0 Å². The van der Waals surface area contributed by atoms with Gasteiger partial charge < -0.3 is 4.90 Å². The van der Waals surface area contributed by atoms with Crippen molar-refractivity contribution in [3.63, 3.8) is 0 Å². The highest BCUT2D eigenvalue weighted by Gasteiger charge is 2.23. The van der Waals surface area contributed by atoms with Gasteiger partial charge in [-0.3, -0.25) is 9.79 Å². The molecule has 1 saturated heterocycles. The number of aliphatic imine (C=N–C) groups is 1. The maximum atomic E-state index is 12.5. The fourth-order valence-corrected chi connectivity index (χ4v) is 2.37. The van der Waals surface area contributed by atoms with Gasteiger partial charge in [-0.05, 0) is 24.8 Å². The summed E-state index contributed by atoms with van der Waals surface area (Å²) in [5.74, 6) is 0.801. The normalized spacial score (nSPS) is 19.1. The molecule has 3 heteroatoms. The Kier molecular flexibility index (Phi) is 5.73. The van der Waals surface area contributed by atoms with Crippen molar-refractivity contribution in [3.8, 4) is 0 Å². The minimum absolute atomic E-state index is 0.0697. The Morgan fingerprint density at radius 3 is 2.25 bits per heavy atom. The smallest absolute Gasteiger partial charge is 0.253 e. The number of hydrogen-bond donors (Lipinski definition) is 0. The Hall–Kier alpha value is -1.38. The summed E-state index contributed by atoms with van der Waals surface area (Å²) in [6.07, 6.45) is 5.71. The monoisotopic (exact) mass is 276 g/mol. The van der Waals surface area contributed by atoms with E-state index in [1.54, 1.807) is 13.1 Å². The lowest BCUT2D eigenvalue weighted by molar-refractivity contribution is -0.128. The number of carbonyl (C=O) groups is 1. The van der Waals surface area contributed by atoms with Gasteiger partial charge in [0.05, 0.1) is 0 Å². The van der Waals surface area contributed by atoms with Crippen LogP contribution in [0.1, 0.15) is 40.5 Å². The van der Waals surface area contributed by atoms with E-state index in [1.807, 2.05) is 11.0 Å². The third-order valence-electron chi connectivity index (χ3n) is 3.84. The summed E-state index contributed by atoms with van der Waals surface area (Å²) in [6, 6.07) is 0. The first-order valence-corrected chi connectivity index (χ1v) is 7.40. The van der Waals surface area contributed by atoms with Gasteiger partial charge in [-0.1, -0.05) is 40.3 Å². The minimum atomic E-state index is -0.0697. The Balaban J connectivity index is 2.90. The molecule has 0 unspecified atom stereocenters. The summed E-state index contributed by atoms with van der Waals surface area (Å²) >= 11 is 0. The molecule has 0 atom stereocenters. The summed E-state index contributed by atoms with van der Waals surface area (Å²) in [7, 11) is 1.77. The molecule has 1 heterocycles. The van der Waals surface area contributed by atoms with Crippen molar-refractivity contribution in [1.29, 1.82) is 0 Å². The second kappa shape index (κ2) is 6.87. The van der Waals surface area contributed by atoms with Gasteiger partial charge >= 0.3 is 0 Å². The molecular formula is C17H28N2O. The molecule has 0 bridgehead atoms. The van der Waals surface area contributed by atoms with Crippen LogP contribution in [0.5, 0.6) is 0 Å². The summed E-state index contributed by atoms with van der Waals surface area (Å²) in [6.45, 7) is 14.0. The molecule has 0 aromatic carbocycles. The zero-order chi connectivity index (χ0) is 15.3. The van der Waals surface area contributed by atoms with Gasteiger partial charge in [-0.2, -0.15) is 0 Å². The predicted octanol–water partition coefficient (Wildman–Crippen LogP) is 3.47. The van der Waals surface area contributed by atoms with Crippen LogP contribution in [0.3, 0.4) is 0 Å². The first-order chi connectivity index (χ1) is 9.29.